The fourth-order valence-corrected chi connectivity index (χ4v) is 1.33. The van der Waals surface area contributed by atoms with Gasteiger partial charge in [-0.3, -0.25) is 4.79 Å². The van der Waals surface area contributed by atoms with Gasteiger partial charge >= 0.3 is 0 Å². The van der Waals surface area contributed by atoms with Crippen LogP contribution in [-0.4, -0.2) is 26.4 Å². The molecule has 2 aromatic rings. The van der Waals surface area contributed by atoms with Crippen molar-refractivity contribution in [1.82, 2.24) is 20.6 Å². The van der Waals surface area contributed by atoms with Crippen LogP contribution in [0.2, 0.25) is 0 Å². The maximum atomic E-state index is 12.9. The number of aryl methyl sites for hydroxylation is 1. The van der Waals surface area contributed by atoms with Gasteiger partial charge in [-0.15, -0.1) is 10.2 Å². The smallest absolute Gasteiger partial charge is 0.175 e. The summed E-state index contributed by atoms with van der Waals surface area (Å²) in [5, 5.41) is 13.0. The number of nitrogens with one attached hydrogen (secondary N) is 1. The van der Waals surface area contributed by atoms with Crippen LogP contribution in [0.3, 0.4) is 0 Å². The number of H-pyrrole nitrogens is 1. The monoisotopic (exact) mass is 238 g/mol. The molecule has 0 aliphatic heterocycles. The average Bonchev–Trinajstić information content (AvgIpc) is 2.82. The van der Waals surface area contributed by atoms with Crippen molar-refractivity contribution in [2.24, 2.45) is 0 Å². The largest absolute Gasteiger partial charge is 0.294 e. The molecular formula is C10H8F2N4O. The lowest BCUT2D eigenvalue weighted by Gasteiger charge is -2.00. The van der Waals surface area contributed by atoms with Crippen molar-refractivity contribution in [2.45, 2.75) is 12.8 Å². The molecule has 0 unspecified atom stereocenters. The summed E-state index contributed by atoms with van der Waals surface area (Å²) in [5.41, 5.74) is 0.132. The number of carbonyl (C=O) groups is 1. The van der Waals surface area contributed by atoms with E-state index >= 15 is 0 Å². The summed E-state index contributed by atoms with van der Waals surface area (Å²) in [6.07, 6.45) is 0.416. The second-order valence-electron chi connectivity index (χ2n) is 3.38. The number of rotatable bonds is 4. The minimum atomic E-state index is -1.03. The minimum Gasteiger partial charge on any atom is -0.294 e. The molecular weight excluding hydrogens is 230 g/mol. The summed E-state index contributed by atoms with van der Waals surface area (Å²) < 4.78 is 25.5. The summed E-state index contributed by atoms with van der Waals surface area (Å²) in [7, 11) is 0. The van der Waals surface area contributed by atoms with Gasteiger partial charge < -0.3 is 0 Å². The fourth-order valence-electron chi connectivity index (χ4n) is 1.33. The van der Waals surface area contributed by atoms with Gasteiger partial charge in [-0.05, 0) is 18.2 Å². The number of hydrogen-bond donors (Lipinski definition) is 1. The molecule has 1 heterocycles. The lowest BCUT2D eigenvalue weighted by molar-refractivity contribution is 0.0981. The van der Waals surface area contributed by atoms with Crippen LogP contribution in [0.1, 0.15) is 22.6 Å². The molecule has 7 heteroatoms. The lowest BCUT2D eigenvalue weighted by Crippen LogP contribution is -2.03. The maximum Gasteiger partial charge on any atom is 0.175 e. The van der Waals surface area contributed by atoms with Crippen LogP contribution in [0.5, 0.6) is 0 Å². The Morgan fingerprint density at radius 3 is 2.76 bits per heavy atom. The third kappa shape index (κ3) is 2.68. The molecule has 0 radical (unpaired) electrons. The van der Waals surface area contributed by atoms with Crippen molar-refractivity contribution in [3.63, 3.8) is 0 Å². The highest BCUT2D eigenvalue weighted by Crippen LogP contribution is 2.11. The van der Waals surface area contributed by atoms with Gasteiger partial charge in [-0.1, -0.05) is 5.21 Å². The van der Waals surface area contributed by atoms with Crippen LogP contribution in [0.4, 0.5) is 8.78 Å². The second kappa shape index (κ2) is 4.77. The van der Waals surface area contributed by atoms with E-state index in [1.165, 1.54) is 6.07 Å². The Morgan fingerprint density at radius 1 is 1.29 bits per heavy atom. The number of tetrazole rings is 1. The van der Waals surface area contributed by atoms with Crippen molar-refractivity contribution >= 4 is 5.78 Å². The summed E-state index contributed by atoms with van der Waals surface area (Å²) in [6.45, 7) is 0. The number of carbonyl (C=O) groups excluding carboxylic acids is 1. The molecule has 5 nitrogen and oxygen atoms in total. The van der Waals surface area contributed by atoms with Crippen LogP contribution in [0, 0.1) is 11.6 Å². The molecule has 1 aromatic carbocycles. The summed E-state index contributed by atoms with van der Waals surface area (Å²) in [6, 6.07) is 3.06. The van der Waals surface area contributed by atoms with Gasteiger partial charge in [-0.25, -0.2) is 8.78 Å². The Hall–Kier alpha value is -2.18. The zero-order valence-electron chi connectivity index (χ0n) is 8.65. The zero-order chi connectivity index (χ0) is 12.3. The predicted molar refractivity (Wildman–Crippen MR) is 53.2 cm³/mol. The Balaban J connectivity index is 2.02. The molecule has 0 saturated carbocycles. The minimum absolute atomic E-state index is 0.116. The Kier molecular flexibility index (Phi) is 3.17. The quantitative estimate of drug-likeness (QED) is 0.815. The Bertz CT molecular complexity index is 527. The van der Waals surface area contributed by atoms with E-state index in [1.807, 2.05) is 0 Å². The molecule has 0 amide bonds. The Labute approximate surface area is 94.8 Å². The van der Waals surface area contributed by atoms with Crippen molar-refractivity contribution in [3.8, 4) is 0 Å². The first kappa shape index (κ1) is 11.3. The second-order valence-corrected chi connectivity index (χ2v) is 3.38. The molecule has 1 aromatic heterocycles. The van der Waals surface area contributed by atoms with Crippen molar-refractivity contribution in [3.05, 3.63) is 41.2 Å². The molecule has 0 aliphatic carbocycles. The third-order valence-electron chi connectivity index (χ3n) is 2.21. The topological polar surface area (TPSA) is 71.5 Å². The normalized spacial score (nSPS) is 10.5. The lowest BCUT2D eigenvalue weighted by atomic mass is 10.1. The van der Waals surface area contributed by atoms with Crippen LogP contribution >= 0.6 is 0 Å². The zero-order valence-corrected chi connectivity index (χ0v) is 8.65. The highest BCUT2D eigenvalue weighted by Gasteiger charge is 2.11. The van der Waals surface area contributed by atoms with E-state index in [9.17, 15) is 13.6 Å². The molecule has 17 heavy (non-hydrogen) atoms. The molecule has 1 N–H and O–H groups in total. The van der Waals surface area contributed by atoms with Crippen molar-refractivity contribution in [1.29, 1.82) is 0 Å². The Morgan fingerprint density at radius 2 is 2.12 bits per heavy atom. The molecule has 0 aliphatic rings. The molecule has 0 fully saturated rings. The van der Waals surface area contributed by atoms with Gasteiger partial charge in [0.25, 0.3) is 0 Å². The predicted octanol–water partition coefficient (Wildman–Crippen LogP) is 1.29. The molecule has 0 bridgehead atoms. The van der Waals surface area contributed by atoms with Gasteiger partial charge in [-0.2, -0.15) is 5.21 Å². The van der Waals surface area contributed by atoms with Gasteiger partial charge in [0.05, 0.1) is 0 Å². The highest BCUT2D eigenvalue weighted by atomic mass is 19.2. The first-order chi connectivity index (χ1) is 8.16. The summed E-state index contributed by atoms with van der Waals surface area (Å²) in [4.78, 5) is 11.6. The van der Waals surface area contributed by atoms with E-state index in [4.69, 9.17) is 0 Å². The first-order valence-electron chi connectivity index (χ1n) is 4.87. The van der Waals surface area contributed by atoms with Crippen LogP contribution in [-0.2, 0) is 6.42 Å². The number of halogens is 2. The molecule has 0 spiro atoms. The number of aromatic nitrogens is 4. The standard InChI is InChI=1S/C10H8F2N4O/c11-7-2-1-6(5-8(7)12)9(17)3-4-10-13-15-16-14-10/h1-2,5H,3-4H2,(H,13,14,15,16). The van der Waals surface area contributed by atoms with E-state index in [0.717, 1.165) is 12.1 Å². The average molecular weight is 238 g/mol. The van der Waals surface area contributed by atoms with Crippen LogP contribution < -0.4 is 0 Å². The van der Waals surface area contributed by atoms with Crippen LogP contribution in [0.25, 0.3) is 0 Å². The number of benzene rings is 1. The number of ketones is 1. The molecule has 0 atom stereocenters. The fraction of sp³-hybridized carbons (Fsp3) is 0.200. The number of hydrogen-bond acceptors (Lipinski definition) is 4. The summed E-state index contributed by atoms with van der Waals surface area (Å²) in [5.74, 6) is -1.90. The maximum absolute atomic E-state index is 12.9. The number of nitrogens with zero attached hydrogens (tertiary/aromatic N) is 3. The highest BCUT2D eigenvalue weighted by molar-refractivity contribution is 5.96. The number of aromatic amines is 1. The molecule has 88 valence electrons. The van der Waals surface area contributed by atoms with E-state index in [-0.39, 0.29) is 17.8 Å². The van der Waals surface area contributed by atoms with E-state index in [2.05, 4.69) is 20.6 Å². The van der Waals surface area contributed by atoms with Gasteiger partial charge in [0, 0.05) is 18.4 Å². The van der Waals surface area contributed by atoms with E-state index < -0.39 is 11.6 Å². The van der Waals surface area contributed by atoms with Crippen LogP contribution in [0.15, 0.2) is 18.2 Å². The summed E-state index contributed by atoms with van der Waals surface area (Å²) >= 11 is 0. The third-order valence-corrected chi connectivity index (χ3v) is 2.21. The number of Topliss-reactive ketones (excluding diaryl/α,β-unsaturated/α-hetero) is 1. The SMILES string of the molecule is O=C(CCc1nn[nH]n1)c1ccc(F)c(F)c1. The van der Waals surface area contributed by atoms with E-state index in [0.29, 0.717) is 12.2 Å². The van der Waals surface area contributed by atoms with Gasteiger partial charge in [0.2, 0.25) is 0 Å². The molecule has 0 saturated heterocycles. The van der Waals surface area contributed by atoms with Crippen molar-refractivity contribution < 1.29 is 13.6 Å². The van der Waals surface area contributed by atoms with E-state index in [1.54, 1.807) is 0 Å². The van der Waals surface area contributed by atoms with Gasteiger partial charge in [0.15, 0.2) is 23.2 Å². The first-order valence-corrected chi connectivity index (χ1v) is 4.87. The van der Waals surface area contributed by atoms with Crippen molar-refractivity contribution in [2.75, 3.05) is 0 Å². The van der Waals surface area contributed by atoms with Gasteiger partial charge in [0.1, 0.15) is 0 Å². The molecule has 2 rings (SSSR count).